The molecule has 0 spiro atoms. The number of hydrogen-bond donors (Lipinski definition) is 1. The van der Waals surface area contributed by atoms with E-state index in [9.17, 15) is 5.11 Å². The van der Waals surface area contributed by atoms with Crippen LogP contribution in [0.15, 0.2) is 82.7 Å². The standard InChI is InChI=1S/C30H32ClNO/c1-21-22(10-7-12-24-8-4-5-13-28(24)30(2,3)33)9-6-11-23(21)15-18-27-19-16-25-14-17-26(31)20-29(25)32-27/h4-5,8-9,13-15,17-18,20-22,33H,7,10,12,16,19H2,1-3H3/b18-15+. The summed E-state index contributed by atoms with van der Waals surface area (Å²) in [5, 5.41) is 11.2. The summed E-state index contributed by atoms with van der Waals surface area (Å²) < 4.78 is 0. The lowest BCUT2D eigenvalue weighted by Crippen LogP contribution is -2.18. The van der Waals surface area contributed by atoms with E-state index in [1.54, 1.807) is 0 Å². The third-order valence-corrected chi connectivity index (χ3v) is 6.96. The predicted octanol–water partition coefficient (Wildman–Crippen LogP) is 7.67. The first-order chi connectivity index (χ1) is 15.8. The first kappa shape index (κ1) is 23.6. The molecule has 1 N–H and O–H groups in total. The van der Waals surface area contributed by atoms with Gasteiger partial charge in [-0.1, -0.05) is 60.3 Å². The van der Waals surface area contributed by atoms with Crippen molar-refractivity contribution in [1.82, 2.24) is 0 Å². The summed E-state index contributed by atoms with van der Waals surface area (Å²) in [5.74, 6) is 0.825. The average molecular weight is 458 g/mol. The van der Waals surface area contributed by atoms with Crippen molar-refractivity contribution in [2.45, 2.75) is 58.5 Å². The summed E-state index contributed by atoms with van der Waals surface area (Å²) in [6.45, 7) is 5.99. The maximum absolute atomic E-state index is 10.5. The molecule has 2 aromatic rings. The van der Waals surface area contributed by atoms with Gasteiger partial charge in [0.2, 0.25) is 0 Å². The molecule has 4 rings (SSSR count). The zero-order valence-corrected chi connectivity index (χ0v) is 20.5. The summed E-state index contributed by atoms with van der Waals surface area (Å²) >= 11 is 6.14. The number of benzene rings is 2. The second-order valence-electron chi connectivity index (χ2n) is 9.66. The Balaban J connectivity index is 1.38. The van der Waals surface area contributed by atoms with Crippen molar-refractivity contribution in [3.63, 3.8) is 0 Å². The van der Waals surface area contributed by atoms with E-state index in [2.05, 4.69) is 54.8 Å². The molecule has 1 heterocycles. The van der Waals surface area contributed by atoms with Gasteiger partial charge in [-0.05, 0) is 105 Å². The van der Waals surface area contributed by atoms with Crippen LogP contribution in [0.2, 0.25) is 5.02 Å². The van der Waals surface area contributed by atoms with E-state index in [0.717, 1.165) is 54.1 Å². The minimum Gasteiger partial charge on any atom is -0.386 e. The molecule has 0 aromatic heterocycles. The van der Waals surface area contributed by atoms with Crippen LogP contribution in [0.5, 0.6) is 0 Å². The molecule has 1 aliphatic carbocycles. The Morgan fingerprint density at radius 1 is 1.15 bits per heavy atom. The van der Waals surface area contributed by atoms with Gasteiger partial charge in [0.05, 0.1) is 11.3 Å². The molecule has 33 heavy (non-hydrogen) atoms. The molecule has 2 unspecified atom stereocenters. The largest absolute Gasteiger partial charge is 0.386 e. The molecule has 0 radical (unpaired) electrons. The fraction of sp³-hybridized carbons (Fsp3) is 0.367. The Hall–Kier alpha value is -2.60. The van der Waals surface area contributed by atoms with E-state index in [4.69, 9.17) is 16.6 Å². The number of aliphatic hydroxyl groups is 1. The van der Waals surface area contributed by atoms with E-state index in [0.29, 0.717) is 11.8 Å². The van der Waals surface area contributed by atoms with Crippen LogP contribution in [0.25, 0.3) is 0 Å². The van der Waals surface area contributed by atoms with Gasteiger partial charge in [0.15, 0.2) is 0 Å². The Labute approximate surface area is 202 Å². The fourth-order valence-electron chi connectivity index (χ4n) is 4.74. The molecule has 2 atom stereocenters. The van der Waals surface area contributed by atoms with Crippen LogP contribution in [0.4, 0.5) is 5.69 Å². The van der Waals surface area contributed by atoms with Gasteiger partial charge in [0, 0.05) is 16.3 Å². The minimum absolute atomic E-state index is 0.387. The van der Waals surface area contributed by atoms with Crippen molar-refractivity contribution in [2.75, 3.05) is 0 Å². The van der Waals surface area contributed by atoms with Crippen LogP contribution in [0, 0.1) is 11.8 Å². The second-order valence-corrected chi connectivity index (χ2v) is 10.1. The SMILES string of the molecule is CC1C(/C=C/C2=Nc3cc(Cl)ccc3CC2)=C=C=CC1CCCc1ccccc1C(C)(C)O. The molecule has 2 nitrogen and oxygen atoms in total. The third-order valence-electron chi connectivity index (χ3n) is 6.72. The lowest BCUT2D eigenvalue weighted by atomic mass is 9.81. The summed E-state index contributed by atoms with van der Waals surface area (Å²) in [5.41, 5.74) is 12.5. The summed E-state index contributed by atoms with van der Waals surface area (Å²) in [4.78, 5) is 4.80. The lowest BCUT2D eigenvalue weighted by molar-refractivity contribution is 0.0775. The Bertz CT molecular complexity index is 1180. The number of hydrogen-bond acceptors (Lipinski definition) is 2. The van der Waals surface area contributed by atoms with Crippen molar-refractivity contribution < 1.29 is 5.11 Å². The normalized spacial score (nSPS) is 20.0. The topological polar surface area (TPSA) is 32.6 Å². The van der Waals surface area contributed by atoms with Gasteiger partial charge in [0.1, 0.15) is 0 Å². The van der Waals surface area contributed by atoms with Gasteiger partial charge in [0.25, 0.3) is 0 Å². The van der Waals surface area contributed by atoms with E-state index in [-0.39, 0.29) is 0 Å². The number of rotatable bonds is 7. The quantitative estimate of drug-likeness (QED) is 0.425. The molecule has 0 bridgehead atoms. The molecule has 170 valence electrons. The maximum atomic E-state index is 10.5. The van der Waals surface area contributed by atoms with Gasteiger partial charge < -0.3 is 5.11 Å². The van der Waals surface area contributed by atoms with Crippen LogP contribution in [0.3, 0.4) is 0 Å². The van der Waals surface area contributed by atoms with E-state index in [1.807, 2.05) is 38.1 Å². The van der Waals surface area contributed by atoms with Gasteiger partial charge in [-0.25, -0.2) is 0 Å². The van der Waals surface area contributed by atoms with Crippen LogP contribution < -0.4 is 0 Å². The molecule has 2 aromatic carbocycles. The number of nitrogens with zero attached hydrogens (tertiary/aromatic N) is 1. The molecule has 2 aliphatic rings. The monoisotopic (exact) mass is 457 g/mol. The van der Waals surface area contributed by atoms with E-state index < -0.39 is 5.60 Å². The van der Waals surface area contributed by atoms with E-state index in [1.165, 1.54) is 16.7 Å². The van der Waals surface area contributed by atoms with Gasteiger partial charge in [-0.3, -0.25) is 4.99 Å². The van der Waals surface area contributed by atoms with Crippen molar-refractivity contribution in [2.24, 2.45) is 16.8 Å². The molecule has 0 saturated carbocycles. The van der Waals surface area contributed by atoms with Crippen molar-refractivity contribution in [3.05, 3.63) is 99.4 Å². The lowest BCUT2D eigenvalue weighted by Gasteiger charge is -2.24. The third kappa shape index (κ3) is 5.85. The zero-order chi connectivity index (χ0) is 23.4. The zero-order valence-electron chi connectivity index (χ0n) is 19.7. The Kier molecular flexibility index (Phi) is 7.23. The molecular formula is C30H32ClNO. The summed E-state index contributed by atoms with van der Waals surface area (Å²) in [6.07, 6.45) is 11.5. The molecule has 0 saturated heterocycles. The maximum Gasteiger partial charge on any atom is 0.0843 e. The number of aryl methyl sites for hydroxylation is 2. The van der Waals surface area contributed by atoms with Crippen LogP contribution in [0.1, 0.15) is 56.7 Å². The highest BCUT2D eigenvalue weighted by molar-refractivity contribution is 6.30. The molecule has 1 aliphatic heterocycles. The first-order valence-electron chi connectivity index (χ1n) is 11.9. The molecular weight excluding hydrogens is 426 g/mol. The van der Waals surface area contributed by atoms with Gasteiger partial charge >= 0.3 is 0 Å². The van der Waals surface area contributed by atoms with Crippen molar-refractivity contribution in [1.29, 1.82) is 0 Å². The predicted molar refractivity (Wildman–Crippen MR) is 138 cm³/mol. The van der Waals surface area contributed by atoms with Crippen LogP contribution >= 0.6 is 11.6 Å². The van der Waals surface area contributed by atoms with Gasteiger partial charge in [-0.15, -0.1) is 0 Å². The number of fused-ring (bicyclic) bond motifs is 1. The minimum atomic E-state index is -0.814. The highest BCUT2D eigenvalue weighted by Crippen LogP contribution is 2.32. The van der Waals surface area contributed by atoms with Gasteiger partial charge in [-0.2, -0.15) is 0 Å². The first-order valence-corrected chi connectivity index (χ1v) is 12.3. The number of allylic oxidation sites excluding steroid dienone is 4. The highest BCUT2D eigenvalue weighted by Gasteiger charge is 2.22. The second kappa shape index (κ2) is 10.1. The molecule has 0 fully saturated rings. The van der Waals surface area contributed by atoms with Crippen molar-refractivity contribution in [3.8, 4) is 0 Å². The average Bonchev–Trinajstić information content (AvgIpc) is 2.78. The molecule has 3 heteroatoms. The molecule has 0 amide bonds. The van der Waals surface area contributed by atoms with Crippen molar-refractivity contribution >= 4 is 23.0 Å². The number of halogens is 1. The van der Waals surface area contributed by atoms with Crippen LogP contribution in [-0.2, 0) is 18.4 Å². The highest BCUT2D eigenvalue weighted by atomic mass is 35.5. The Morgan fingerprint density at radius 2 is 1.97 bits per heavy atom. The Morgan fingerprint density at radius 3 is 2.79 bits per heavy atom. The van der Waals surface area contributed by atoms with E-state index >= 15 is 0 Å². The number of aliphatic imine (C=N–C) groups is 1. The summed E-state index contributed by atoms with van der Waals surface area (Å²) in [6, 6.07) is 14.2. The summed E-state index contributed by atoms with van der Waals surface area (Å²) in [7, 11) is 0. The smallest absolute Gasteiger partial charge is 0.0843 e. The fourth-order valence-corrected chi connectivity index (χ4v) is 4.91. The van der Waals surface area contributed by atoms with Crippen LogP contribution in [-0.4, -0.2) is 10.8 Å².